The molecule has 4 aromatic rings. The lowest BCUT2D eigenvalue weighted by atomic mass is 9.75. The van der Waals surface area contributed by atoms with Crippen LogP contribution in [-0.2, 0) is 14.3 Å². The highest BCUT2D eigenvalue weighted by molar-refractivity contribution is 5.84. The number of benzene rings is 2. The molecule has 0 bridgehead atoms. The molecule has 1 unspecified atom stereocenters. The van der Waals surface area contributed by atoms with E-state index < -0.39 is 5.92 Å². The monoisotopic (exact) mass is 753 g/mol. The molecule has 0 spiro atoms. The van der Waals surface area contributed by atoms with Crippen LogP contribution in [0, 0.1) is 41.4 Å². The topological polar surface area (TPSA) is 104 Å². The summed E-state index contributed by atoms with van der Waals surface area (Å²) in [6.07, 6.45) is 11.0. The zero-order valence-electron chi connectivity index (χ0n) is 34.2. The van der Waals surface area contributed by atoms with Gasteiger partial charge in [-0.2, -0.15) is 0 Å². The molecule has 2 aromatic carbocycles. The first-order valence-corrected chi connectivity index (χ1v) is 20.5. The van der Waals surface area contributed by atoms with Gasteiger partial charge in [0.05, 0.1) is 43.6 Å². The minimum Gasteiger partial charge on any atom is -0.469 e. The molecule has 2 aliphatic rings. The largest absolute Gasteiger partial charge is 0.469 e. The number of likely N-dealkylation sites (tertiary alicyclic amines) is 1. The van der Waals surface area contributed by atoms with E-state index in [0.717, 1.165) is 83.8 Å². The van der Waals surface area contributed by atoms with Crippen LogP contribution in [0.2, 0.25) is 0 Å². The van der Waals surface area contributed by atoms with Crippen molar-refractivity contribution in [3.05, 3.63) is 108 Å². The molecule has 8 heteroatoms. The number of imidazole rings is 2. The number of methoxy groups -OCH3 is 1. The average molecular weight is 754 g/mol. The second-order valence-corrected chi connectivity index (χ2v) is 16.5. The highest BCUT2D eigenvalue weighted by atomic mass is 16.5. The van der Waals surface area contributed by atoms with Crippen LogP contribution in [0.15, 0.2) is 85.2 Å². The molecule has 2 aromatic heterocycles. The lowest BCUT2D eigenvalue weighted by Gasteiger charge is -2.30. The smallest absolute Gasteiger partial charge is 0.306 e. The van der Waals surface area contributed by atoms with Crippen LogP contribution in [-0.4, -0.2) is 50.4 Å². The quantitative estimate of drug-likeness (QED) is 0.0758. The Labute approximate surface area is 333 Å². The number of H-pyrrole nitrogens is 2. The summed E-state index contributed by atoms with van der Waals surface area (Å²) < 4.78 is 4.87. The molecule has 294 valence electrons. The van der Waals surface area contributed by atoms with Crippen LogP contribution >= 0.6 is 0 Å². The number of aromatic nitrogens is 4. The molecular weight excluding hydrogens is 695 g/mol. The molecule has 8 nitrogen and oxygen atoms in total. The van der Waals surface area contributed by atoms with Crippen LogP contribution < -0.4 is 0 Å². The van der Waals surface area contributed by atoms with Crippen molar-refractivity contribution < 1.29 is 14.3 Å². The summed E-state index contributed by atoms with van der Waals surface area (Å²) >= 11 is 0. The molecule has 2 fully saturated rings. The molecule has 1 amide bonds. The van der Waals surface area contributed by atoms with Crippen LogP contribution in [0.5, 0.6) is 0 Å². The molecule has 1 aliphatic carbocycles. The molecule has 5 atom stereocenters. The summed E-state index contributed by atoms with van der Waals surface area (Å²) in [6, 6.07) is 16.6. The van der Waals surface area contributed by atoms with Gasteiger partial charge in [-0.3, -0.25) is 9.59 Å². The Morgan fingerprint density at radius 1 is 0.821 bits per heavy atom. The van der Waals surface area contributed by atoms with E-state index in [9.17, 15) is 9.59 Å². The summed E-state index contributed by atoms with van der Waals surface area (Å²) in [4.78, 5) is 44.1. The van der Waals surface area contributed by atoms with Crippen molar-refractivity contribution in [2.45, 2.75) is 97.9 Å². The summed E-state index contributed by atoms with van der Waals surface area (Å²) in [6.45, 7) is 20.4. The molecule has 6 rings (SSSR count). The van der Waals surface area contributed by atoms with Gasteiger partial charge in [0.25, 0.3) is 0 Å². The lowest BCUT2D eigenvalue weighted by Crippen LogP contribution is -2.39. The predicted molar refractivity (Wildman–Crippen MR) is 224 cm³/mol. The van der Waals surface area contributed by atoms with Gasteiger partial charge in [0.15, 0.2) is 0 Å². The van der Waals surface area contributed by atoms with Gasteiger partial charge < -0.3 is 19.6 Å². The average Bonchev–Trinajstić information content (AvgIpc) is 4.04. The van der Waals surface area contributed by atoms with Crippen molar-refractivity contribution in [1.29, 1.82) is 0 Å². The zero-order chi connectivity index (χ0) is 39.9. The highest BCUT2D eigenvalue weighted by Gasteiger charge is 2.38. The molecule has 2 N–H and O–H groups in total. The van der Waals surface area contributed by atoms with E-state index in [1.807, 2.05) is 31.1 Å². The van der Waals surface area contributed by atoms with Gasteiger partial charge in [0.1, 0.15) is 17.3 Å². The fraction of sp³-hybridized carbons (Fsp3) is 0.458. The third kappa shape index (κ3) is 9.26. The third-order valence-electron chi connectivity index (χ3n) is 12.2. The zero-order valence-corrected chi connectivity index (χ0v) is 34.2. The number of aromatic amines is 2. The van der Waals surface area contributed by atoms with Gasteiger partial charge >= 0.3 is 5.97 Å². The maximum atomic E-state index is 13.6. The summed E-state index contributed by atoms with van der Waals surface area (Å²) in [7, 11) is 1.36. The number of hydrogen-bond acceptors (Lipinski definition) is 5. The Morgan fingerprint density at radius 3 is 2.14 bits per heavy atom. The molecule has 56 heavy (non-hydrogen) atoms. The minimum absolute atomic E-state index is 0.0113. The van der Waals surface area contributed by atoms with Crippen LogP contribution in [0.25, 0.3) is 22.4 Å². The second-order valence-electron chi connectivity index (χ2n) is 16.5. The first kappa shape index (κ1) is 40.5. The predicted octanol–water partition coefficient (Wildman–Crippen LogP) is 10.4. The van der Waals surface area contributed by atoms with E-state index in [1.165, 1.54) is 24.7 Å². The molecule has 1 saturated carbocycles. The SMILES string of the molecule is C=C(CC)C[C@H](C(=C)C1CCC[C@H]1c1ncc(C#Cc2ccc(-c3ccc(-c4cnc([C@@H]5CCCN5C(=O)[C@@H](CC(=O)OC)C(C)C)[nH]4)cc3)cc2)[nH]1)C(C)C. The lowest BCUT2D eigenvalue weighted by molar-refractivity contribution is -0.148. The van der Waals surface area contributed by atoms with Crippen LogP contribution in [0.3, 0.4) is 0 Å². The standard InChI is InChI=1S/C48H59N5O3/c1-9-32(6)26-41(30(2)3)33(7)39-12-10-13-40(39)46-49-28-38(51-46)24-17-34-15-18-35(19-16-34)36-20-22-37(23-21-36)43-29-50-47(52-43)44-14-11-25-53(44)48(55)42(31(4)5)27-45(54)56-8/h15-16,18-23,28-31,39-42,44H,6-7,9-14,25-27H2,1-5,8H3,(H,49,51)(H,50,52)/t39?,40-,41+,42+,44+/m1/s1. The van der Waals surface area contributed by atoms with Crippen molar-refractivity contribution in [3.63, 3.8) is 0 Å². The molecule has 1 aliphatic heterocycles. The molecule has 3 heterocycles. The second kappa shape index (κ2) is 18.2. The van der Waals surface area contributed by atoms with Crippen molar-refractivity contribution >= 4 is 11.9 Å². The first-order valence-electron chi connectivity index (χ1n) is 20.5. The van der Waals surface area contributed by atoms with E-state index in [0.29, 0.717) is 30.2 Å². The number of carbonyl (C=O) groups excluding carboxylic acids is 2. The Hall–Kier alpha value is -5.16. The van der Waals surface area contributed by atoms with E-state index in [1.54, 1.807) is 0 Å². The molecule has 0 radical (unpaired) electrons. The van der Waals surface area contributed by atoms with E-state index in [-0.39, 0.29) is 30.3 Å². The Balaban J connectivity index is 1.08. The molecule has 1 saturated heterocycles. The Kier molecular flexibility index (Phi) is 13.2. The first-order chi connectivity index (χ1) is 27.0. The van der Waals surface area contributed by atoms with E-state index >= 15 is 0 Å². The number of hydrogen-bond donors (Lipinski definition) is 2. The van der Waals surface area contributed by atoms with E-state index in [2.05, 4.69) is 104 Å². The van der Waals surface area contributed by atoms with Gasteiger partial charge in [-0.1, -0.05) is 108 Å². The normalized spacial score (nSPS) is 19.1. The van der Waals surface area contributed by atoms with Crippen LogP contribution in [0.4, 0.5) is 0 Å². The minimum atomic E-state index is -0.420. The summed E-state index contributed by atoms with van der Waals surface area (Å²) in [5.74, 6) is 9.44. The van der Waals surface area contributed by atoms with Gasteiger partial charge in [0.2, 0.25) is 5.91 Å². The van der Waals surface area contributed by atoms with E-state index in [4.69, 9.17) is 14.7 Å². The maximum absolute atomic E-state index is 13.6. The van der Waals surface area contributed by atoms with Crippen molar-refractivity contribution in [3.8, 4) is 34.2 Å². The maximum Gasteiger partial charge on any atom is 0.306 e. The number of nitrogens with one attached hydrogen (secondary N) is 2. The number of ether oxygens (including phenoxy) is 1. The summed E-state index contributed by atoms with van der Waals surface area (Å²) in [5.41, 5.74) is 8.59. The highest BCUT2D eigenvalue weighted by Crippen LogP contribution is 2.46. The number of carbonyl (C=O) groups is 2. The fourth-order valence-electron chi connectivity index (χ4n) is 8.62. The number of allylic oxidation sites excluding steroid dienone is 2. The van der Waals surface area contributed by atoms with Crippen molar-refractivity contribution in [2.75, 3.05) is 13.7 Å². The Morgan fingerprint density at radius 2 is 1.48 bits per heavy atom. The number of rotatable bonds is 14. The van der Waals surface area contributed by atoms with Crippen molar-refractivity contribution in [2.24, 2.45) is 29.6 Å². The number of amides is 1. The van der Waals surface area contributed by atoms with Gasteiger partial charge in [-0.25, -0.2) is 9.97 Å². The number of nitrogens with zero attached hydrogens (tertiary/aromatic N) is 3. The van der Waals surface area contributed by atoms with Crippen molar-refractivity contribution in [1.82, 2.24) is 24.8 Å². The third-order valence-corrected chi connectivity index (χ3v) is 12.2. The fourth-order valence-corrected chi connectivity index (χ4v) is 8.62. The number of esters is 1. The van der Waals surface area contributed by atoms with Gasteiger partial charge in [-0.05, 0) is 96.9 Å². The Bertz CT molecular complexity index is 2060. The molecular formula is C48H59N5O3. The summed E-state index contributed by atoms with van der Waals surface area (Å²) in [5, 5.41) is 0. The van der Waals surface area contributed by atoms with Gasteiger partial charge in [0, 0.05) is 18.0 Å². The van der Waals surface area contributed by atoms with Gasteiger partial charge in [-0.15, -0.1) is 0 Å². The van der Waals surface area contributed by atoms with Crippen LogP contribution in [0.1, 0.15) is 121 Å².